The highest BCUT2D eigenvalue weighted by Crippen LogP contribution is 2.63. The first-order chi connectivity index (χ1) is 24.9. The van der Waals surface area contributed by atoms with Gasteiger partial charge in [-0.05, 0) is 71.6 Å². The molecule has 11 rings (SSSR count). The van der Waals surface area contributed by atoms with E-state index in [9.17, 15) is 0 Å². The first kappa shape index (κ1) is 28.9. The van der Waals surface area contributed by atoms with E-state index >= 15 is 0 Å². The highest BCUT2D eigenvalue weighted by Gasteiger charge is 2.47. The third-order valence-electron chi connectivity index (χ3n) is 12.2. The van der Waals surface area contributed by atoms with Crippen molar-refractivity contribution in [2.75, 3.05) is 0 Å². The van der Waals surface area contributed by atoms with E-state index in [0.717, 1.165) is 16.7 Å². The van der Waals surface area contributed by atoms with Gasteiger partial charge in [0, 0.05) is 38.3 Å². The maximum Gasteiger partial charge on any atom is 0.143 e. The molecule has 0 radical (unpaired) electrons. The van der Waals surface area contributed by atoms with Gasteiger partial charge in [0.15, 0.2) is 0 Å². The highest BCUT2D eigenvalue weighted by atomic mass is 16.3. The second-order valence-electron chi connectivity index (χ2n) is 15.5. The van der Waals surface area contributed by atoms with Crippen LogP contribution in [0.4, 0.5) is 0 Å². The molecule has 0 atom stereocenters. The van der Waals surface area contributed by atoms with E-state index in [1.807, 2.05) is 0 Å². The van der Waals surface area contributed by atoms with Gasteiger partial charge in [0.25, 0.3) is 0 Å². The number of rotatable bonds is 2. The molecule has 9 aromatic rings. The van der Waals surface area contributed by atoms with Crippen molar-refractivity contribution in [3.8, 4) is 44.5 Å². The van der Waals surface area contributed by atoms with Gasteiger partial charge in [0.2, 0.25) is 0 Å². The molecule has 2 aliphatic carbocycles. The van der Waals surface area contributed by atoms with E-state index < -0.39 is 0 Å². The van der Waals surface area contributed by atoms with Crippen LogP contribution in [-0.4, -0.2) is 0 Å². The standard InChI is InChI=1S/C50H36O/c1-49(2)38-27-14-12-23-34(38)42-45-43(35-24-13-15-28-39(35)50(45,3)4)48-44(46(42)49)37-26-16-25-36(47(37)51-48)41-32-21-10-8-19-30(32)40(29-17-6-5-7-18-29)31-20-9-11-22-33(31)41/h5-28H,1-4H3. The summed E-state index contributed by atoms with van der Waals surface area (Å²) < 4.78 is 7.46. The van der Waals surface area contributed by atoms with Gasteiger partial charge in [-0.3, -0.25) is 0 Å². The summed E-state index contributed by atoms with van der Waals surface area (Å²) in [7, 11) is 0. The van der Waals surface area contributed by atoms with E-state index in [-0.39, 0.29) is 10.8 Å². The van der Waals surface area contributed by atoms with Gasteiger partial charge in [0.05, 0.1) is 0 Å². The Bertz CT molecular complexity index is 2900. The molecule has 0 amide bonds. The average Bonchev–Trinajstić information content (AvgIpc) is 3.74. The van der Waals surface area contributed by atoms with Crippen LogP contribution in [0, 0.1) is 0 Å². The molecule has 0 fully saturated rings. The number of hydrogen-bond acceptors (Lipinski definition) is 1. The lowest BCUT2D eigenvalue weighted by molar-refractivity contribution is 0.643. The molecule has 8 aromatic carbocycles. The summed E-state index contributed by atoms with van der Waals surface area (Å²) in [5.41, 5.74) is 17.3. The van der Waals surface area contributed by atoms with Crippen molar-refractivity contribution in [2.45, 2.75) is 38.5 Å². The SMILES string of the molecule is CC1(C)c2ccccc2-c2c1c1c(c3c2oc2c(-c4c5ccccc5c(-c5ccccc5)c5ccccc45)cccc23)C(C)(C)c2ccccc2-1. The molecule has 2 aliphatic rings. The minimum absolute atomic E-state index is 0.181. The average molecular weight is 653 g/mol. The second kappa shape index (κ2) is 9.86. The van der Waals surface area contributed by atoms with Crippen LogP contribution in [0.15, 0.2) is 150 Å². The van der Waals surface area contributed by atoms with Gasteiger partial charge < -0.3 is 4.42 Å². The van der Waals surface area contributed by atoms with Crippen molar-refractivity contribution < 1.29 is 4.42 Å². The Kier molecular flexibility index (Phi) is 5.58. The minimum Gasteiger partial charge on any atom is -0.455 e. The van der Waals surface area contributed by atoms with Crippen LogP contribution in [0.5, 0.6) is 0 Å². The Balaban J connectivity index is 1.34. The second-order valence-corrected chi connectivity index (χ2v) is 15.5. The van der Waals surface area contributed by atoms with Gasteiger partial charge in [-0.1, -0.05) is 173 Å². The van der Waals surface area contributed by atoms with Crippen molar-refractivity contribution in [1.82, 2.24) is 0 Å². The molecule has 1 aromatic heterocycles. The maximum absolute atomic E-state index is 7.46. The predicted molar refractivity (Wildman–Crippen MR) is 215 cm³/mol. The molecule has 0 spiro atoms. The quantitative estimate of drug-likeness (QED) is 0.169. The fourth-order valence-corrected chi connectivity index (χ4v) is 10.1. The van der Waals surface area contributed by atoms with Crippen LogP contribution in [0.2, 0.25) is 0 Å². The lowest BCUT2D eigenvalue weighted by Crippen LogP contribution is -2.18. The monoisotopic (exact) mass is 652 g/mol. The van der Waals surface area contributed by atoms with E-state index in [1.165, 1.54) is 93.5 Å². The molecule has 1 heterocycles. The Morgan fingerprint density at radius 3 is 1.45 bits per heavy atom. The summed E-state index contributed by atoms with van der Waals surface area (Å²) in [5.74, 6) is 0. The number of furan rings is 1. The lowest BCUT2D eigenvalue weighted by Gasteiger charge is -2.27. The third kappa shape index (κ3) is 3.56. The van der Waals surface area contributed by atoms with Gasteiger partial charge in [0.1, 0.15) is 11.2 Å². The number of benzene rings is 8. The predicted octanol–water partition coefficient (Wildman–Crippen LogP) is 13.8. The summed E-state index contributed by atoms with van der Waals surface area (Å²) >= 11 is 0. The minimum atomic E-state index is -0.201. The summed E-state index contributed by atoms with van der Waals surface area (Å²) in [5, 5.41) is 7.41. The zero-order valence-corrected chi connectivity index (χ0v) is 29.3. The van der Waals surface area contributed by atoms with E-state index in [2.05, 4.69) is 173 Å². The maximum atomic E-state index is 7.46. The van der Waals surface area contributed by atoms with Crippen molar-refractivity contribution in [2.24, 2.45) is 0 Å². The molecule has 0 saturated carbocycles. The zero-order chi connectivity index (χ0) is 34.2. The van der Waals surface area contributed by atoms with E-state index in [4.69, 9.17) is 4.42 Å². The van der Waals surface area contributed by atoms with Crippen molar-refractivity contribution >= 4 is 43.5 Å². The van der Waals surface area contributed by atoms with Gasteiger partial charge in [-0.2, -0.15) is 0 Å². The first-order valence-corrected chi connectivity index (χ1v) is 18.1. The first-order valence-electron chi connectivity index (χ1n) is 18.1. The molecular formula is C50H36O. The number of para-hydroxylation sites is 1. The van der Waals surface area contributed by atoms with Crippen molar-refractivity contribution in [3.63, 3.8) is 0 Å². The summed E-state index contributed by atoms with van der Waals surface area (Å²) in [6, 6.07) is 53.6. The smallest absolute Gasteiger partial charge is 0.143 e. The molecule has 0 N–H and O–H groups in total. The van der Waals surface area contributed by atoms with Gasteiger partial charge >= 0.3 is 0 Å². The lowest BCUT2D eigenvalue weighted by atomic mass is 9.75. The topological polar surface area (TPSA) is 13.1 Å². The fourth-order valence-electron chi connectivity index (χ4n) is 10.1. The van der Waals surface area contributed by atoms with Crippen LogP contribution in [0.1, 0.15) is 49.9 Å². The van der Waals surface area contributed by atoms with Gasteiger partial charge in [-0.15, -0.1) is 0 Å². The summed E-state index contributed by atoms with van der Waals surface area (Å²) in [6.07, 6.45) is 0. The Hall–Kier alpha value is -5.92. The molecule has 1 nitrogen and oxygen atoms in total. The van der Waals surface area contributed by atoms with Crippen LogP contribution >= 0.6 is 0 Å². The van der Waals surface area contributed by atoms with E-state index in [1.54, 1.807) is 0 Å². The molecule has 0 saturated heterocycles. The Labute approximate surface area is 297 Å². The molecule has 51 heavy (non-hydrogen) atoms. The van der Waals surface area contributed by atoms with Gasteiger partial charge in [-0.25, -0.2) is 0 Å². The molecular weight excluding hydrogens is 617 g/mol. The third-order valence-corrected chi connectivity index (χ3v) is 12.2. The van der Waals surface area contributed by atoms with Crippen LogP contribution in [0.25, 0.3) is 88.0 Å². The highest BCUT2D eigenvalue weighted by molar-refractivity contribution is 6.26. The van der Waals surface area contributed by atoms with E-state index in [0.29, 0.717) is 0 Å². The largest absolute Gasteiger partial charge is 0.455 e. The Morgan fingerprint density at radius 2 is 0.824 bits per heavy atom. The molecule has 0 unspecified atom stereocenters. The Morgan fingerprint density at radius 1 is 0.353 bits per heavy atom. The molecule has 0 aliphatic heterocycles. The normalized spacial score (nSPS) is 15.0. The van der Waals surface area contributed by atoms with Crippen molar-refractivity contribution in [3.05, 3.63) is 168 Å². The molecule has 242 valence electrons. The molecule has 0 bridgehead atoms. The summed E-state index contributed by atoms with van der Waals surface area (Å²) in [4.78, 5) is 0. The summed E-state index contributed by atoms with van der Waals surface area (Å²) in [6.45, 7) is 9.62. The number of hydrogen-bond donors (Lipinski definition) is 0. The fraction of sp³-hybridized carbons (Fsp3) is 0.120. The van der Waals surface area contributed by atoms with Crippen LogP contribution in [-0.2, 0) is 10.8 Å². The zero-order valence-electron chi connectivity index (χ0n) is 29.3. The van der Waals surface area contributed by atoms with Crippen LogP contribution in [0.3, 0.4) is 0 Å². The van der Waals surface area contributed by atoms with Crippen LogP contribution < -0.4 is 0 Å². The van der Waals surface area contributed by atoms with Crippen molar-refractivity contribution in [1.29, 1.82) is 0 Å². The number of fused-ring (bicyclic) bond motifs is 14. The molecule has 1 heteroatoms.